The molecule has 0 fully saturated rings. The Bertz CT molecular complexity index is 1050. The minimum Gasteiger partial charge on any atom is -0.493 e. The Kier molecular flexibility index (Phi) is 9.99. The van der Waals surface area contributed by atoms with E-state index < -0.39 is 0 Å². The Labute approximate surface area is 204 Å². The van der Waals surface area contributed by atoms with Gasteiger partial charge in [0, 0.05) is 25.4 Å². The number of imidazole rings is 1. The van der Waals surface area contributed by atoms with Crippen molar-refractivity contribution < 1.29 is 9.53 Å². The highest BCUT2D eigenvalue weighted by atomic mass is 16.5. The number of unbranched alkanes of at least 4 members (excludes halogenated alkanes) is 2. The quantitative estimate of drug-likeness (QED) is 0.282. The summed E-state index contributed by atoms with van der Waals surface area (Å²) in [5.41, 5.74) is 4.65. The number of carbonyl (C=O) groups is 1. The number of fused-ring (bicyclic) bond motifs is 1. The van der Waals surface area contributed by atoms with Gasteiger partial charge in [0.2, 0.25) is 5.91 Å². The topological polar surface area (TPSA) is 56.2 Å². The monoisotopic (exact) mass is 463 g/mol. The number of carbonyl (C=O) groups excluding carboxylic acids is 1. The van der Waals surface area contributed by atoms with Crippen molar-refractivity contribution in [2.75, 3.05) is 13.2 Å². The molecule has 0 saturated carbocycles. The van der Waals surface area contributed by atoms with Crippen LogP contribution in [-0.2, 0) is 17.8 Å². The summed E-state index contributed by atoms with van der Waals surface area (Å²) in [4.78, 5) is 17.0. The van der Waals surface area contributed by atoms with Crippen molar-refractivity contribution in [3.05, 3.63) is 59.4 Å². The molecule has 0 radical (unpaired) electrons. The molecule has 0 saturated heterocycles. The highest BCUT2D eigenvalue weighted by Crippen LogP contribution is 2.21. The first-order valence-corrected chi connectivity index (χ1v) is 12.9. The highest BCUT2D eigenvalue weighted by molar-refractivity contribution is 5.78. The lowest BCUT2D eigenvalue weighted by Crippen LogP contribution is -2.30. The van der Waals surface area contributed by atoms with E-state index in [9.17, 15) is 4.79 Å². The zero-order valence-corrected chi connectivity index (χ0v) is 21.4. The number of hydrogen-bond acceptors (Lipinski definition) is 3. The molecule has 34 heavy (non-hydrogen) atoms. The standard InChI is InChI=1S/C29H41N3O2/c1-5-24(6-2)29(33)30-18-11-7-8-15-28-31-25-13-9-10-14-26(25)32(28)19-12-20-34-27-21-22(3)16-17-23(27)4/h9-10,13-14,16-17,21,24H,5-8,11-12,15,18-20H2,1-4H3,(H,30,33). The Balaban J connectivity index is 1.49. The number of aryl methyl sites for hydroxylation is 4. The van der Waals surface area contributed by atoms with Crippen LogP contribution in [0.15, 0.2) is 42.5 Å². The molecular formula is C29H41N3O2. The van der Waals surface area contributed by atoms with E-state index in [-0.39, 0.29) is 11.8 Å². The average Bonchev–Trinajstić information content (AvgIpc) is 3.19. The summed E-state index contributed by atoms with van der Waals surface area (Å²) >= 11 is 0. The summed E-state index contributed by atoms with van der Waals surface area (Å²) in [5.74, 6) is 2.48. The van der Waals surface area contributed by atoms with Crippen LogP contribution in [0, 0.1) is 19.8 Å². The van der Waals surface area contributed by atoms with Crippen LogP contribution in [0.3, 0.4) is 0 Å². The van der Waals surface area contributed by atoms with Crippen LogP contribution in [0.1, 0.15) is 69.3 Å². The zero-order valence-electron chi connectivity index (χ0n) is 21.4. The lowest BCUT2D eigenvalue weighted by Gasteiger charge is -2.13. The average molecular weight is 464 g/mol. The molecule has 5 nitrogen and oxygen atoms in total. The number of aromatic nitrogens is 2. The zero-order chi connectivity index (χ0) is 24.3. The SMILES string of the molecule is CCC(CC)C(=O)NCCCCCc1nc2ccccc2n1CCCOc1cc(C)ccc1C. The number of nitrogens with one attached hydrogen (secondary N) is 1. The van der Waals surface area contributed by atoms with Gasteiger partial charge in [-0.15, -0.1) is 0 Å². The molecule has 0 aliphatic carbocycles. The summed E-state index contributed by atoms with van der Waals surface area (Å²) < 4.78 is 8.44. The molecule has 3 rings (SSSR count). The van der Waals surface area contributed by atoms with Crippen LogP contribution in [-0.4, -0.2) is 28.6 Å². The maximum absolute atomic E-state index is 12.1. The second-order valence-electron chi connectivity index (χ2n) is 9.25. The summed E-state index contributed by atoms with van der Waals surface area (Å²) in [7, 11) is 0. The molecule has 2 aromatic carbocycles. The summed E-state index contributed by atoms with van der Waals surface area (Å²) in [6, 6.07) is 14.7. The van der Waals surface area contributed by atoms with Crippen LogP contribution >= 0.6 is 0 Å². The minimum absolute atomic E-state index is 0.152. The predicted octanol–water partition coefficient (Wildman–Crippen LogP) is 6.39. The largest absolute Gasteiger partial charge is 0.493 e. The van der Waals surface area contributed by atoms with Gasteiger partial charge >= 0.3 is 0 Å². The summed E-state index contributed by atoms with van der Waals surface area (Å²) in [5, 5.41) is 3.10. The molecule has 0 aliphatic heterocycles. The van der Waals surface area contributed by atoms with E-state index in [0.717, 1.165) is 75.1 Å². The van der Waals surface area contributed by atoms with Gasteiger partial charge in [0.15, 0.2) is 0 Å². The Morgan fingerprint density at radius 1 is 1.03 bits per heavy atom. The molecule has 1 aromatic heterocycles. The van der Waals surface area contributed by atoms with Crippen molar-refractivity contribution in [3.8, 4) is 5.75 Å². The second kappa shape index (κ2) is 13.2. The van der Waals surface area contributed by atoms with Crippen molar-refractivity contribution in [1.29, 1.82) is 0 Å². The third kappa shape index (κ3) is 7.09. The first-order valence-electron chi connectivity index (χ1n) is 12.9. The maximum atomic E-state index is 12.1. The second-order valence-corrected chi connectivity index (χ2v) is 9.25. The Morgan fingerprint density at radius 2 is 1.82 bits per heavy atom. The van der Waals surface area contributed by atoms with E-state index in [1.165, 1.54) is 16.6 Å². The van der Waals surface area contributed by atoms with Crippen molar-refractivity contribution in [2.45, 2.75) is 79.2 Å². The van der Waals surface area contributed by atoms with Gasteiger partial charge in [-0.1, -0.05) is 44.5 Å². The number of nitrogens with zero attached hydrogens (tertiary/aromatic N) is 2. The fourth-order valence-corrected chi connectivity index (χ4v) is 4.43. The van der Waals surface area contributed by atoms with Gasteiger partial charge in [0.25, 0.3) is 0 Å². The van der Waals surface area contributed by atoms with Crippen LogP contribution in [0.5, 0.6) is 5.75 Å². The van der Waals surface area contributed by atoms with Crippen molar-refractivity contribution >= 4 is 16.9 Å². The number of hydrogen-bond donors (Lipinski definition) is 1. The molecule has 1 heterocycles. The molecule has 3 aromatic rings. The van der Waals surface area contributed by atoms with Crippen LogP contribution < -0.4 is 10.1 Å². The van der Waals surface area contributed by atoms with Crippen molar-refractivity contribution in [3.63, 3.8) is 0 Å². The lowest BCUT2D eigenvalue weighted by atomic mass is 10.0. The van der Waals surface area contributed by atoms with Gasteiger partial charge in [0.05, 0.1) is 17.6 Å². The van der Waals surface area contributed by atoms with Gasteiger partial charge in [0.1, 0.15) is 11.6 Å². The van der Waals surface area contributed by atoms with Crippen LogP contribution in [0.4, 0.5) is 0 Å². The normalized spacial score (nSPS) is 11.3. The predicted molar refractivity (Wildman–Crippen MR) is 140 cm³/mol. The Morgan fingerprint density at radius 3 is 2.62 bits per heavy atom. The van der Waals surface area contributed by atoms with E-state index in [4.69, 9.17) is 9.72 Å². The van der Waals surface area contributed by atoms with Gasteiger partial charge < -0.3 is 14.6 Å². The summed E-state index contributed by atoms with van der Waals surface area (Å²) in [6.45, 7) is 10.7. The number of amides is 1. The van der Waals surface area contributed by atoms with E-state index in [1.54, 1.807) is 0 Å². The fraction of sp³-hybridized carbons (Fsp3) is 0.517. The molecular weight excluding hydrogens is 422 g/mol. The maximum Gasteiger partial charge on any atom is 0.223 e. The number of para-hydroxylation sites is 2. The van der Waals surface area contributed by atoms with Crippen LogP contribution in [0.2, 0.25) is 0 Å². The third-order valence-electron chi connectivity index (χ3n) is 6.59. The number of ether oxygens (including phenoxy) is 1. The first kappa shape index (κ1) is 25.8. The van der Waals surface area contributed by atoms with E-state index in [0.29, 0.717) is 6.61 Å². The van der Waals surface area contributed by atoms with Gasteiger partial charge in [-0.05, 0) is 75.3 Å². The Hall–Kier alpha value is -2.82. The molecule has 0 atom stereocenters. The molecule has 0 aliphatic rings. The first-order chi connectivity index (χ1) is 16.5. The molecule has 0 spiro atoms. The number of benzene rings is 2. The van der Waals surface area contributed by atoms with Crippen molar-refractivity contribution in [1.82, 2.24) is 14.9 Å². The molecule has 1 amide bonds. The van der Waals surface area contributed by atoms with E-state index >= 15 is 0 Å². The molecule has 1 N–H and O–H groups in total. The number of rotatable bonds is 14. The molecule has 0 unspecified atom stereocenters. The van der Waals surface area contributed by atoms with Gasteiger partial charge in [-0.25, -0.2) is 4.98 Å². The van der Waals surface area contributed by atoms with Gasteiger partial charge in [-0.2, -0.15) is 0 Å². The van der Waals surface area contributed by atoms with E-state index in [1.807, 2.05) is 0 Å². The van der Waals surface area contributed by atoms with Gasteiger partial charge in [-0.3, -0.25) is 4.79 Å². The highest BCUT2D eigenvalue weighted by Gasteiger charge is 2.13. The molecule has 184 valence electrons. The molecule has 0 bridgehead atoms. The fourth-order valence-electron chi connectivity index (χ4n) is 4.43. The molecule has 5 heteroatoms. The smallest absolute Gasteiger partial charge is 0.223 e. The third-order valence-corrected chi connectivity index (χ3v) is 6.59. The minimum atomic E-state index is 0.152. The summed E-state index contributed by atoms with van der Waals surface area (Å²) in [6.07, 6.45) is 6.87. The van der Waals surface area contributed by atoms with E-state index in [2.05, 4.69) is 80.0 Å². The van der Waals surface area contributed by atoms with Crippen molar-refractivity contribution in [2.24, 2.45) is 5.92 Å². The lowest BCUT2D eigenvalue weighted by molar-refractivity contribution is -0.125. The van der Waals surface area contributed by atoms with Crippen LogP contribution in [0.25, 0.3) is 11.0 Å².